The molecule has 0 aliphatic carbocycles. The molecule has 1 unspecified atom stereocenters. The third-order valence-corrected chi connectivity index (χ3v) is 4.38. The average molecular weight is 365 g/mol. The van der Waals surface area contributed by atoms with Gasteiger partial charge in [-0.25, -0.2) is 14.2 Å². The van der Waals surface area contributed by atoms with Crippen LogP contribution >= 0.6 is 7.82 Å². The van der Waals surface area contributed by atoms with E-state index in [0.717, 1.165) is 18.2 Å². The molecule has 0 aliphatic heterocycles. The number of hydrogen-bond acceptors (Lipinski definition) is 7. The van der Waals surface area contributed by atoms with Crippen molar-refractivity contribution in [3.63, 3.8) is 0 Å². The first-order valence-electron chi connectivity index (χ1n) is 7.53. The summed E-state index contributed by atoms with van der Waals surface area (Å²) in [5.41, 5.74) is 7.64. The van der Waals surface area contributed by atoms with E-state index in [1.165, 1.54) is 0 Å². The zero-order chi connectivity index (χ0) is 18.3. The van der Waals surface area contributed by atoms with Crippen molar-refractivity contribution >= 4 is 13.8 Å². The third-order valence-electron chi connectivity index (χ3n) is 3.21. The van der Waals surface area contributed by atoms with Crippen LogP contribution in [0.2, 0.25) is 0 Å². The predicted octanol–water partition coefficient (Wildman–Crippen LogP) is 3.17. The van der Waals surface area contributed by atoms with E-state index in [1.807, 2.05) is 37.3 Å². The lowest BCUT2D eigenvalue weighted by atomic mass is 10.1. The number of nitrogens with two attached hydrogens (primary N) is 1. The second kappa shape index (κ2) is 8.78. The summed E-state index contributed by atoms with van der Waals surface area (Å²) in [5.74, 6) is -0.716. The summed E-state index contributed by atoms with van der Waals surface area (Å²) in [6, 6.07) is 14.7. The molecule has 25 heavy (non-hydrogen) atoms. The maximum Gasteiger partial charge on any atom is 0.618 e. The van der Waals surface area contributed by atoms with Gasteiger partial charge in [-0.2, -0.15) is 0 Å². The Morgan fingerprint density at radius 1 is 1.12 bits per heavy atom. The highest BCUT2D eigenvalue weighted by Gasteiger charge is 2.36. The van der Waals surface area contributed by atoms with Crippen LogP contribution in [0.4, 0.5) is 0 Å². The molecule has 2 atom stereocenters. The van der Waals surface area contributed by atoms with Gasteiger partial charge in [0.2, 0.25) is 0 Å². The van der Waals surface area contributed by atoms with Crippen LogP contribution < -0.4 is 10.3 Å². The van der Waals surface area contributed by atoms with Gasteiger partial charge in [-0.3, -0.25) is 0 Å². The molecule has 7 nitrogen and oxygen atoms in total. The lowest BCUT2D eigenvalue weighted by Crippen LogP contribution is -2.34. The first-order chi connectivity index (χ1) is 11.9. The van der Waals surface area contributed by atoms with E-state index in [-0.39, 0.29) is 12.2 Å². The molecule has 0 spiro atoms. The molecule has 0 aliphatic rings. The van der Waals surface area contributed by atoms with Crippen molar-refractivity contribution in [2.24, 2.45) is 5.73 Å². The van der Waals surface area contributed by atoms with Crippen molar-refractivity contribution in [2.75, 3.05) is 7.11 Å². The topological polar surface area (TPSA) is 97.1 Å². The Labute approximate surface area is 146 Å². The summed E-state index contributed by atoms with van der Waals surface area (Å²) < 4.78 is 27.2. The lowest BCUT2D eigenvalue weighted by molar-refractivity contribution is -0.198. The summed E-state index contributed by atoms with van der Waals surface area (Å²) in [5, 5.41) is 0. The van der Waals surface area contributed by atoms with Crippen LogP contribution in [0.3, 0.4) is 0 Å². The Kier molecular flexibility index (Phi) is 6.73. The number of phosphoric ester groups is 1. The number of carbonyl (C=O) groups is 1. The van der Waals surface area contributed by atoms with Gasteiger partial charge in [-0.1, -0.05) is 48.0 Å². The summed E-state index contributed by atoms with van der Waals surface area (Å²) in [6.07, 6.45) is 0.219. The maximum atomic E-state index is 12.6. The van der Waals surface area contributed by atoms with Gasteiger partial charge in [0.15, 0.2) is 0 Å². The van der Waals surface area contributed by atoms with Gasteiger partial charge in [0.25, 0.3) is 0 Å². The Bertz CT molecular complexity index is 735. The van der Waals surface area contributed by atoms with Gasteiger partial charge < -0.3 is 14.8 Å². The normalized spacial score (nSPS) is 14.4. The summed E-state index contributed by atoms with van der Waals surface area (Å²) >= 11 is 0. The Morgan fingerprint density at radius 3 is 2.36 bits per heavy atom. The molecule has 8 heteroatoms. The molecule has 134 valence electrons. The Hall–Kier alpha value is -2.18. The van der Waals surface area contributed by atoms with Crippen LogP contribution in [0.15, 0.2) is 54.6 Å². The number of hydrogen-bond donors (Lipinski definition) is 1. The molecule has 0 aromatic heterocycles. The molecule has 0 amide bonds. The zero-order valence-corrected chi connectivity index (χ0v) is 14.8. The fraction of sp³-hybridized carbons (Fsp3) is 0.235. The second-order valence-electron chi connectivity index (χ2n) is 5.30. The quantitative estimate of drug-likeness (QED) is 0.436. The van der Waals surface area contributed by atoms with Crippen LogP contribution in [0, 0.1) is 6.92 Å². The molecule has 0 heterocycles. The smallest absolute Gasteiger partial charge is 0.394 e. The number of phosphoric acid groups is 1. The van der Waals surface area contributed by atoms with Gasteiger partial charge in [0.1, 0.15) is 11.8 Å². The van der Waals surface area contributed by atoms with Crippen molar-refractivity contribution in [3.05, 3.63) is 65.7 Å². The first kappa shape index (κ1) is 19.1. The predicted molar refractivity (Wildman–Crippen MR) is 91.7 cm³/mol. The second-order valence-corrected chi connectivity index (χ2v) is 6.71. The molecule has 0 bridgehead atoms. The molecular formula is C17H20NO6P. The van der Waals surface area contributed by atoms with E-state index in [9.17, 15) is 9.36 Å². The molecule has 2 aromatic rings. The maximum absolute atomic E-state index is 12.6. The Balaban J connectivity index is 2.04. The van der Waals surface area contributed by atoms with Crippen molar-refractivity contribution < 1.29 is 28.0 Å². The molecule has 2 rings (SSSR count). The van der Waals surface area contributed by atoms with Crippen LogP contribution in [0.1, 0.15) is 11.1 Å². The van der Waals surface area contributed by atoms with Gasteiger partial charge in [-0.15, -0.1) is 4.67 Å². The van der Waals surface area contributed by atoms with E-state index in [2.05, 4.69) is 9.56 Å². The monoisotopic (exact) mass is 365 g/mol. The van der Waals surface area contributed by atoms with E-state index >= 15 is 0 Å². The molecule has 0 radical (unpaired) electrons. The standard InChI is InChI=1S/C17H20NO6P/c1-13-8-10-15(11-9-13)22-25(20,24-21-2)23-17(19)16(18)12-14-6-4-3-5-7-14/h3-11,16H,12,18H2,1-2H3/t16-,25?/m0/s1. The van der Waals surface area contributed by atoms with Crippen molar-refractivity contribution in [2.45, 2.75) is 19.4 Å². The lowest BCUT2D eigenvalue weighted by Gasteiger charge is -2.18. The van der Waals surface area contributed by atoms with Crippen LogP contribution in [-0.4, -0.2) is 19.1 Å². The number of benzene rings is 2. The van der Waals surface area contributed by atoms with E-state index in [0.29, 0.717) is 0 Å². The molecule has 0 fully saturated rings. The van der Waals surface area contributed by atoms with Gasteiger partial charge in [0, 0.05) is 0 Å². The average Bonchev–Trinajstić information content (AvgIpc) is 2.58. The molecule has 0 saturated heterocycles. The van der Waals surface area contributed by atoms with Crippen molar-refractivity contribution in [1.29, 1.82) is 0 Å². The van der Waals surface area contributed by atoms with Gasteiger partial charge >= 0.3 is 13.8 Å². The van der Waals surface area contributed by atoms with Crippen LogP contribution in [0.25, 0.3) is 0 Å². The molecule has 0 saturated carbocycles. The highest BCUT2D eigenvalue weighted by molar-refractivity contribution is 7.49. The fourth-order valence-electron chi connectivity index (χ4n) is 2.00. The van der Waals surface area contributed by atoms with E-state index < -0.39 is 19.8 Å². The highest BCUT2D eigenvalue weighted by Crippen LogP contribution is 2.49. The Morgan fingerprint density at radius 2 is 1.76 bits per heavy atom. The van der Waals surface area contributed by atoms with Crippen LogP contribution in [-0.2, 0) is 29.9 Å². The minimum Gasteiger partial charge on any atom is -0.394 e. The number of rotatable bonds is 8. The number of aryl methyl sites for hydroxylation is 1. The molecule has 2 N–H and O–H groups in total. The summed E-state index contributed by atoms with van der Waals surface area (Å²) in [6.45, 7) is 1.89. The minimum atomic E-state index is -4.32. The summed E-state index contributed by atoms with van der Waals surface area (Å²) in [4.78, 5) is 16.5. The van der Waals surface area contributed by atoms with Crippen molar-refractivity contribution in [3.8, 4) is 5.75 Å². The van der Waals surface area contributed by atoms with Crippen molar-refractivity contribution in [1.82, 2.24) is 0 Å². The summed E-state index contributed by atoms with van der Waals surface area (Å²) in [7, 11) is -3.20. The zero-order valence-electron chi connectivity index (χ0n) is 14.0. The largest absolute Gasteiger partial charge is 0.618 e. The van der Waals surface area contributed by atoms with Gasteiger partial charge in [0.05, 0.1) is 7.11 Å². The van der Waals surface area contributed by atoms with E-state index in [4.69, 9.17) is 14.8 Å². The SMILES string of the molecule is COOP(=O)(OC(=O)[C@@H](N)Cc1ccccc1)Oc1ccc(C)cc1. The third kappa shape index (κ3) is 5.99. The minimum absolute atomic E-state index is 0.204. The molecular weight excluding hydrogens is 345 g/mol. The highest BCUT2D eigenvalue weighted by atomic mass is 31.2. The fourth-order valence-corrected chi connectivity index (χ4v) is 3.01. The van der Waals surface area contributed by atoms with Crippen LogP contribution in [0.5, 0.6) is 5.75 Å². The van der Waals surface area contributed by atoms with Gasteiger partial charge in [-0.05, 0) is 31.0 Å². The molecule has 2 aromatic carbocycles. The number of carbonyl (C=O) groups excluding carboxylic acids is 1. The first-order valence-corrected chi connectivity index (χ1v) is 8.99. The van der Waals surface area contributed by atoms with E-state index in [1.54, 1.807) is 24.3 Å².